The Morgan fingerprint density at radius 1 is 0.939 bits per heavy atom. The van der Waals surface area contributed by atoms with E-state index in [9.17, 15) is 9.90 Å². The third-order valence-electron chi connectivity index (χ3n) is 5.12. The molecule has 7 heteroatoms. The molecule has 0 amide bonds. The van der Waals surface area contributed by atoms with Crippen molar-refractivity contribution < 1.29 is 9.90 Å². The maximum atomic E-state index is 12.0. The van der Waals surface area contributed by atoms with Gasteiger partial charge in [0.25, 0.3) is 0 Å². The van der Waals surface area contributed by atoms with Crippen LogP contribution >= 0.6 is 23.2 Å². The van der Waals surface area contributed by atoms with Gasteiger partial charge in [-0.25, -0.2) is 9.48 Å². The van der Waals surface area contributed by atoms with Crippen LogP contribution in [0.3, 0.4) is 0 Å². The standard InChI is InChI=1S/C26H21Cl2N3O2/c1-30(2)22-7-4-8-23(16-22)31-25(17-9-11-19(27)12-10-17)15-21(29-31)14-24(26(32)33)18-5-3-6-20(28)13-18/h3-16H,1-2H3,(H,32,33)/b24-14-. The molecule has 0 aliphatic rings. The Hall–Kier alpha value is -3.54. The third-order valence-corrected chi connectivity index (χ3v) is 5.60. The molecule has 0 saturated heterocycles. The molecule has 4 rings (SSSR count). The molecule has 5 nitrogen and oxygen atoms in total. The van der Waals surface area contributed by atoms with Gasteiger partial charge in [0.1, 0.15) is 0 Å². The van der Waals surface area contributed by atoms with Gasteiger partial charge in [0.2, 0.25) is 0 Å². The van der Waals surface area contributed by atoms with E-state index in [1.54, 1.807) is 35.0 Å². The van der Waals surface area contributed by atoms with E-state index in [0.29, 0.717) is 21.3 Å². The van der Waals surface area contributed by atoms with Gasteiger partial charge >= 0.3 is 5.97 Å². The Labute approximate surface area is 202 Å². The average molecular weight is 478 g/mol. The van der Waals surface area contributed by atoms with E-state index >= 15 is 0 Å². The SMILES string of the molecule is CN(C)c1cccc(-n2nc(/C=C(\C(=O)O)c3cccc(Cl)c3)cc2-c2ccc(Cl)cc2)c1. The number of carboxylic acids is 1. The van der Waals surface area contributed by atoms with Crippen molar-refractivity contribution in [3.8, 4) is 16.9 Å². The Bertz CT molecular complexity index is 1340. The highest BCUT2D eigenvalue weighted by Crippen LogP contribution is 2.29. The molecule has 33 heavy (non-hydrogen) atoms. The van der Waals surface area contributed by atoms with E-state index in [-0.39, 0.29) is 5.57 Å². The van der Waals surface area contributed by atoms with E-state index in [1.807, 2.05) is 73.6 Å². The number of halogens is 2. The van der Waals surface area contributed by atoms with Crippen molar-refractivity contribution in [3.63, 3.8) is 0 Å². The van der Waals surface area contributed by atoms with Crippen molar-refractivity contribution in [2.75, 3.05) is 19.0 Å². The molecule has 1 heterocycles. The van der Waals surface area contributed by atoms with E-state index in [4.69, 9.17) is 28.3 Å². The summed E-state index contributed by atoms with van der Waals surface area (Å²) in [5.74, 6) is -1.06. The van der Waals surface area contributed by atoms with Crippen LogP contribution in [-0.4, -0.2) is 35.0 Å². The minimum absolute atomic E-state index is 0.104. The summed E-state index contributed by atoms with van der Waals surface area (Å²) in [6.45, 7) is 0. The van der Waals surface area contributed by atoms with E-state index in [1.165, 1.54) is 0 Å². The van der Waals surface area contributed by atoms with Crippen LogP contribution < -0.4 is 4.90 Å². The van der Waals surface area contributed by atoms with Gasteiger partial charge in [-0.15, -0.1) is 0 Å². The summed E-state index contributed by atoms with van der Waals surface area (Å²) in [5.41, 5.74) is 4.70. The number of benzene rings is 3. The monoisotopic (exact) mass is 477 g/mol. The molecule has 0 aliphatic carbocycles. The molecule has 0 bridgehead atoms. The van der Waals surface area contributed by atoms with Gasteiger partial charge in [0, 0.05) is 35.4 Å². The van der Waals surface area contributed by atoms with Gasteiger partial charge < -0.3 is 10.0 Å². The first-order valence-corrected chi connectivity index (χ1v) is 10.9. The lowest BCUT2D eigenvalue weighted by Gasteiger charge is -2.14. The summed E-state index contributed by atoms with van der Waals surface area (Å²) in [6, 6.07) is 24.0. The number of hydrogen-bond donors (Lipinski definition) is 1. The van der Waals surface area contributed by atoms with Crippen LogP contribution in [0.5, 0.6) is 0 Å². The zero-order valence-electron chi connectivity index (χ0n) is 18.0. The highest BCUT2D eigenvalue weighted by Gasteiger charge is 2.16. The van der Waals surface area contributed by atoms with Gasteiger partial charge in [0.15, 0.2) is 0 Å². The molecule has 0 fully saturated rings. The highest BCUT2D eigenvalue weighted by atomic mass is 35.5. The molecular formula is C26H21Cl2N3O2. The van der Waals surface area contributed by atoms with Crippen LogP contribution in [0.1, 0.15) is 11.3 Å². The van der Waals surface area contributed by atoms with Crippen molar-refractivity contribution >= 4 is 46.5 Å². The molecule has 0 radical (unpaired) electrons. The second kappa shape index (κ2) is 9.53. The normalized spacial score (nSPS) is 11.5. The number of hydrogen-bond acceptors (Lipinski definition) is 3. The first-order chi connectivity index (χ1) is 15.8. The van der Waals surface area contributed by atoms with Crippen molar-refractivity contribution in [2.45, 2.75) is 0 Å². The van der Waals surface area contributed by atoms with Gasteiger partial charge in [0.05, 0.1) is 22.6 Å². The Balaban J connectivity index is 1.89. The second-order valence-electron chi connectivity index (χ2n) is 7.66. The van der Waals surface area contributed by atoms with Crippen molar-refractivity contribution in [1.82, 2.24) is 9.78 Å². The number of aliphatic carboxylic acids is 1. The van der Waals surface area contributed by atoms with Crippen LogP contribution in [0.25, 0.3) is 28.6 Å². The van der Waals surface area contributed by atoms with Gasteiger partial charge in [-0.1, -0.05) is 53.5 Å². The van der Waals surface area contributed by atoms with Gasteiger partial charge in [-0.2, -0.15) is 5.10 Å². The zero-order chi connectivity index (χ0) is 23.5. The Kier molecular flexibility index (Phi) is 6.54. The fourth-order valence-corrected chi connectivity index (χ4v) is 3.78. The summed E-state index contributed by atoms with van der Waals surface area (Å²) in [7, 11) is 3.95. The summed E-state index contributed by atoms with van der Waals surface area (Å²) in [5, 5.41) is 15.7. The van der Waals surface area contributed by atoms with E-state index in [2.05, 4.69) is 0 Å². The molecule has 0 spiro atoms. The fourth-order valence-electron chi connectivity index (χ4n) is 3.47. The number of nitrogens with zero attached hydrogens (tertiary/aromatic N) is 3. The predicted molar refractivity (Wildman–Crippen MR) is 135 cm³/mol. The van der Waals surface area contributed by atoms with Crippen LogP contribution in [-0.2, 0) is 4.79 Å². The van der Waals surface area contributed by atoms with Crippen LogP contribution in [0.4, 0.5) is 5.69 Å². The molecular weight excluding hydrogens is 457 g/mol. The zero-order valence-corrected chi connectivity index (χ0v) is 19.5. The minimum Gasteiger partial charge on any atom is -0.478 e. The molecule has 0 atom stereocenters. The van der Waals surface area contributed by atoms with E-state index < -0.39 is 5.97 Å². The summed E-state index contributed by atoms with van der Waals surface area (Å²) in [6.07, 6.45) is 1.56. The largest absolute Gasteiger partial charge is 0.478 e. The summed E-state index contributed by atoms with van der Waals surface area (Å²) >= 11 is 12.2. The smallest absolute Gasteiger partial charge is 0.336 e. The first kappa shape index (κ1) is 22.6. The molecule has 4 aromatic rings. The Morgan fingerprint density at radius 3 is 2.33 bits per heavy atom. The summed E-state index contributed by atoms with van der Waals surface area (Å²) in [4.78, 5) is 14.0. The molecule has 1 aromatic heterocycles. The lowest BCUT2D eigenvalue weighted by atomic mass is 10.0. The maximum absolute atomic E-state index is 12.0. The fraction of sp³-hybridized carbons (Fsp3) is 0.0769. The highest BCUT2D eigenvalue weighted by molar-refractivity contribution is 6.31. The lowest BCUT2D eigenvalue weighted by molar-refractivity contribution is -0.130. The van der Waals surface area contributed by atoms with Crippen molar-refractivity contribution in [2.24, 2.45) is 0 Å². The van der Waals surface area contributed by atoms with Crippen LogP contribution in [0.2, 0.25) is 10.0 Å². The van der Waals surface area contributed by atoms with E-state index in [0.717, 1.165) is 22.6 Å². The maximum Gasteiger partial charge on any atom is 0.336 e. The van der Waals surface area contributed by atoms with Crippen molar-refractivity contribution in [1.29, 1.82) is 0 Å². The molecule has 0 saturated carbocycles. The lowest BCUT2D eigenvalue weighted by Crippen LogP contribution is -2.09. The van der Waals surface area contributed by atoms with Gasteiger partial charge in [-0.3, -0.25) is 0 Å². The molecule has 3 aromatic carbocycles. The molecule has 166 valence electrons. The quantitative estimate of drug-likeness (QED) is 0.320. The third kappa shape index (κ3) is 5.11. The van der Waals surface area contributed by atoms with Crippen LogP contribution in [0, 0.1) is 0 Å². The second-order valence-corrected chi connectivity index (χ2v) is 8.53. The minimum atomic E-state index is -1.06. The molecule has 0 unspecified atom stereocenters. The number of carbonyl (C=O) groups is 1. The van der Waals surface area contributed by atoms with Crippen molar-refractivity contribution in [3.05, 3.63) is 100 Å². The summed E-state index contributed by atoms with van der Waals surface area (Å²) < 4.78 is 1.81. The van der Waals surface area contributed by atoms with Crippen LogP contribution in [0.15, 0.2) is 78.9 Å². The van der Waals surface area contributed by atoms with Gasteiger partial charge in [-0.05, 0) is 60.2 Å². The number of carboxylic acid groups (broad SMARTS) is 1. The molecule has 1 N–H and O–H groups in total. The Morgan fingerprint density at radius 2 is 1.67 bits per heavy atom. The molecule has 0 aliphatic heterocycles. The topological polar surface area (TPSA) is 58.4 Å². The average Bonchev–Trinajstić information content (AvgIpc) is 3.22. The number of anilines is 1. The predicted octanol–water partition coefficient (Wildman–Crippen LogP) is 6.54. The number of aromatic nitrogens is 2. The first-order valence-electron chi connectivity index (χ1n) is 10.2. The number of rotatable bonds is 6.